The Balaban J connectivity index is 1.59. The third kappa shape index (κ3) is 4.64. The molecule has 3 rings (SSSR count). The van der Waals surface area contributed by atoms with Crippen molar-refractivity contribution in [3.8, 4) is 17.0 Å². The van der Waals surface area contributed by atoms with Crippen molar-refractivity contribution in [2.45, 2.75) is 13.8 Å². The van der Waals surface area contributed by atoms with Crippen molar-refractivity contribution in [2.75, 3.05) is 11.9 Å². The van der Waals surface area contributed by atoms with Crippen LogP contribution in [0, 0.1) is 19.7 Å². The summed E-state index contributed by atoms with van der Waals surface area (Å²) in [5.41, 5.74) is 3.65. The Labute approximate surface area is 149 Å². The van der Waals surface area contributed by atoms with Gasteiger partial charge in [0.25, 0.3) is 5.91 Å². The number of ether oxygens (including phenoxy) is 1. The Bertz CT molecular complexity index is 870. The highest BCUT2D eigenvalue weighted by atomic mass is 32.1. The molecular weight excluding hydrogens is 339 g/mol. The lowest BCUT2D eigenvalue weighted by molar-refractivity contribution is -0.118. The lowest BCUT2D eigenvalue weighted by Crippen LogP contribution is -2.20. The second kappa shape index (κ2) is 7.44. The Kier molecular flexibility index (Phi) is 5.09. The number of thiazole rings is 1. The van der Waals surface area contributed by atoms with E-state index in [-0.39, 0.29) is 18.3 Å². The van der Waals surface area contributed by atoms with Crippen molar-refractivity contribution in [3.63, 3.8) is 0 Å². The monoisotopic (exact) mass is 356 g/mol. The van der Waals surface area contributed by atoms with Crippen LogP contribution in [0.1, 0.15) is 11.1 Å². The number of nitrogens with zero attached hydrogens (tertiary/aromatic N) is 1. The average Bonchev–Trinajstić information content (AvgIpc) is 3.01. The highest BCUT2D eigenvalue weighted by Gasteiger charge is 2.09. The zero-order valence-electron chi connectivity index (χ0n) is 13.9. The first-order chi connectivity index (χ1) is 12.0. The van der Waals surface area contributed by atoms with E-state index in [4.69, 9.17) is 4.74 Å². The van der Waals surface area contributed by atoms with Gasteiger partial charge in [-0.15, -0.1) is 11.3 Å². The highest BCUT2D eigenvalue weighted by Crippen LogP contribution is 2.25. The number of rotatable bonds is 5. The number of carbonyl (C=O) groups excluding carboxylic acids is 1. The van der Waals surface area contributed by atoms with E-state index in [2.05, 4.69) is 10.3 Å². The molecule has 0 saturated carbocycles. The molecule has 3 aromatic rings. The Morgan fingerprint density at radius 1 is 1.16 bits per heavy atom. The third-order valence-electron chi connectivity index (χ3n) is 3.46. The molecule has 0 atom stereocenters. The van der Waals surface area contributed by atoms with Gasteiger partial charge >= 0.3 is 0 Å². The number of benzene rings is 2. The minimum atomic E-state index is -0.295. The molecule has 0 aliphatic heterocycles. The van der Waals surface area contributed by atoms with Gasteiger partial charge in [0.1, 0.15) is 11.6 Å². The van der Waals surface area contributed by atoms with Gasteiger partial charge < -0.3 is 4.74 Å². The van der Waals surface area contributed by atoms with Gasteiger partial charge in [-0.1, -0.05) is 6.07 Å². The van der Waals surface area contributed by atoms with E-state index in [9.17, 15) is 9.18 Å². The predicted molar refractivity (Wildman–Crippen MR) is 97.5 cm³/mol. The fourth-order valence-electron chi connectivity index (χ4n) is 2.40. The molecule has 1 aromatic heterocycles. The smallest absolute Gasteiger partial charge is 0.264 e. The van der Waals surface area contributed by atoms with Crippen LogP contribution in [0.5, 0.6) is 5.75 Å². The van der Waals surface area contributed by atoms with Crippen LogP contribution in [0.15, 0.2) is 47.8 Å². The first-order valence-electron chi connectivity index (χ1n) is 7.72. The molecule has 0 aliphatic rings. The van der Waals surface area contributed by atoms with Gasteiger partial charge in [0.05, 0.1) is 5.69 Å². The van der Waals surface area contributed by atoms with Crippen molar-refractivity contribution in [2.24, 2.45) is 0 Å². The topological polar surface area (TPSA) is 51.2 Å². The largest absolute Gasteiger partial charge is 0.484 e. The van der Waals surface area contributed by atoms with E-state index in [1.54, 1.807) is 12.1 Å². The Hall–Kier alpha value is -2.73. The van der Waals surface area contributed by atoms with Crippen LogP contribution in [-0.4, -0.2) is 17.5 Å². The van der Waals surface area contributed by atoms with Crippen LogP contribution in [0.4, 0.5) is 9.52 Å². The first-order valence-corrected chi connectivity index (χ1v) is 8.60. The van der Waals surface area contributed by atoms with E-state index in [0.717, 1.165) is 16.7 Å². The van der Waals surface area contributed by atoms with E-state index in [0.29, 0.717) is 16.6 Å². The number of amides is 1. The minimum absolute atomic E-state index is 0.0889. The van der Waals surface area contributed by atoms with Gasteiger partial charge in [0, 0.05) is 10.9 Å². The minimum Gasteiger partial charge on any atom is -0.484 e. The van der Waals surface area contributed by atoms with E-state index in [1.165, 1.54) is 23.5 Å². The molecule has 0 fully saturated rings. The molecule has 4 nitrogen and oxygen atoms in total. The van der Waals surface area contributed by atoms with E-state index >= 15 is 0 Å². The number of hydrogen-bond acceptors (Lipinski definition) is 4. The molecule has 25 heavy (non-hydrogen) atoms. The van der Waals surface area contributed by atoms with Gasteiger partial charge in [-0.25, -0.2) is 9.37 Å². The number of nitrogens with one attached hydrogen (secondary N) is 1. The molecule has 0 unspecified atom stereocenters. The molecule has 0 bridgehead atoms. The van der Waals surface area contributed by atoms with Crippen LogP contribution in [0.25, 0.3) is 11.3 Å². The fourth-order valence-corrected chi connectivity index (χ4v) is 3.14. The number of aromatic nitrogens is 1. The predicted octanol–water partition coefficient (Wildman–Crippen LogP) is 4.58. The fraction of sp³-hybridized carbons (Fsp3) is 0.158. The first kappa shape index (κ1) is 17.1. The summed E-state index contributed by atoms with van der Waals surface area (Å²) >= 11 is 1.31. The molecule has 6 heteroatoms. The SMILES string of the molecule is Cc1cc(C)cc(OCC(=O)Nc2nc(-c3ccc(F)cc3)cs2)c1. The zero-order chi connectivity index (χ0) is 17.8. The van der Waals surface area contributed by atoms with Crippen LogP contribution in [0.2, 0.25) is 0 Å². The summed E-state index contributed by atoms with van der Waals surface area (Å²) in [7, 11) is 0. The normalized spacial score (nSPS) is 10.5. The van der Waals surface area contributed by atoms with Crippen molar-refractivity contribution in [3.05, 3.63) is 64.8 Å². The van der Waals surface area contributed by atoms with Gasteiger partial charge in [-0.05, 0) is 61.4 Å². The Morgan fingerprint density at radius 3 is 2.52 bits per heavy atom. The summed E-state index contributed by atoms with van der Waals surface area (Å²) in [4.78, 5) is 16.4. The summed E-state index contributed by atoms with van der Waals surface area (Å²) < 4.78 is 18.5. The van der Waals surface area contributed by atoms with Crippen molar-refractivity contribution in [1.29, 1.82) is 0 Å². The molecule has 1 amide bonds. The second-order valence-electron chi connectivity index (χ2n) is 5.71. The highest BCUT2D eigenvalue weighted by molar-refractivity contribution is 7.14. The lowest BCUT2D eigenvalue weighted by Gasteiger charge is -2.07. The summed E-state index contributed by atoms with van der Waals surface area (Å²) in [5.74, 6) is 0.0917. The van der Waals surface area contributed by atoms with Crippen LogP contribution in [-0.2, 0) is 4.79 Å². The number of anilines is 1. The number of hydrogen-bond donors (Lipinski definition) is 1. The molecule has 1 N–H and O–H groups in total. The summed E-state index contributed by atoms with van der Waals surface area (Å²) in [6.45, 7) is 3.87. The molecule has 0 saturated heterocycles. The molecule has 0 aliphatic carbocycles. The number of aryl methyl sites for hydroxylation is 2. The lowest BCUT2D eigenvalue weighted by atomic mass is 10.1. The molecule has 0 spiro atoms. The van der Waals surface area contributed by atoms with E-state index in [1.807, 2.05) is 37.4 Å². The number of carbonyl (C=O) groups is 1. The van der Waals surface area contributed by atoms with Crippen molar-refractivity contribution in [1.82, 2.24) is 4.98 Å². The van der Waals surface area contributed by atoms with Crippen molar-refractivity contribution >= 4 is 22.4 Å². The number of halogens is 1. The molecular formula is C19H17FN2O2S. The summed E-state index contributed by atoms with van der Waals surface area (Å²) in [6, 6.07) is 11.9. The molecule has 1 heterocycles. The van der Waals surface area contributed by atoms with Gasteiger partial charge in [-0.3, -0.25) is 10.1 Å². The van der Waals surface area contributed by atoms with Crippen LogP contribution in [0.3, 0.4) is 0 Å². The molecule has 128 valence electrons. The van der Waals surface area contributed by atoms with Gasteiger partial charge in [0.15, 0.2) is 11.7 Å². The average molecular weight is 356 g/mol. The molecule has 0 radical (unpaired) electrons. The van der Waals surface area contributed by atoms with Crippen LogP contribution >= 0.6 is 11.3 Å². The molecule has 2 aromatic carbocycles. The van der Waals surface area contributed by atoms with Gasteiger partial charge in [0.2, 0.25) is 0 Å². The van der Waals surface area contributed by atoms with Crippen molar-refractivity contribution < 1.29 is 13.9 Å². The maximum Gasteiger partial charge on any atom is 0.264 e. The Morgan fingerprint density at radius 2 is 1.84 bits per heavy atom. The second-order valence-corrected chi connectivity index (χ2v) is 6.56. The zero-order valence-corrected chi connectivity index (χ0v) is 14.7. The standard InChI is InChI=1S/C19H17FN2O2S/c1-12-7-13(2)9-16(8-12)24-10-18(23)22-19-21-17(11-25-19)14-3-5-15(20)6-4-14/h3-9,11H,10H2,1-2H3,(H,21,22,23). The van der Waals surface area contributed by atoms with Crippen LogP contribution < -0.4 is 10.1 Å². The quantitative estimate of drug-likeness (QED) is 0.728. The maximum atomic E-state index is 13.0. The summed E-state index contributed by atoms with van der Waals surface area (Å²) in [6.07, 6.45) is 0. The van der Waals surface area contributed by atoms with Gasteiger partial charge in [-0.2, -0.15) is 0 Å². The third-order valence-corrected chi connectivity index (χ3v) is 4.21. The summed E-state index contributed by atoms with van der Waals surface area (Å²) in [5, 5.41) is 5.01. The maximum absolute atomic E-state index is 13.0. The van der Waals surface area contributed by atoms with E-state index < -0.39 is 0 Å².